The van der Waals surface area contributed by atoms with Crippen LogP contribution >= 0.6 is 0 Å². The van der Waals surface area contributed by atoms with Gasteiger partial charge in [0.2, 0.25) is 11.9 Å². The van der Waals surface area contributed by atoms with E-state index in [0.29, 0.717) is 48.7 Å². The molecule has 0 unspecified atom stereocenters. The Hall–Kier alpha value is -3.24. The number of aliphatic hydroxyl groups is 2. The van der Waals surface area contributed by atoms with E-state index in [9.17, 15) is 19.8 Å². The Kier molecular flexibility index (Phi) is 10.8. The molecule has 6 atom stereocenters. The summed E-state index contributed by atoms with van der Waals surface area (Å²) in [5.74, 6) is 0.620. The van der Waals surface area contributed by atoms with Crippen LogP contribution in [0.3, 0.4) is 0 Å². The molecule has 3 aliphatic heterocycles. The van der Waals surface area contributed by atoms with Gasteiger partial charge in [-0.3, -0.25) is 19.6 Å². The van der Waals surface area contributed by atoms with Crippen molar-refractivity contribution < 1.29 is 24.4 Å². The SMILES string of the molecule is COC(C)(C)C.C[C@H](O)[C@H](O)[C@H]1CNc2nc(N)[nH]c(=O)c2C1.C[C@H]1OC(C)(C)O[C@@H]1[C@H]1CNc2nc(N)[nH]c(=O)c2C1. The largest absolute Gasteiger partial charge is 0.391 e. The fourth-order valence-corrected chi connectivity index (χ4v) is 5.14. The van der Waals surface area contributed by atoms with Crippen molar-refractivity contribution in [3.05, 3.63) is 31.8 Å². The Morgan fingerprint density at radius 1 is 0.953 bits per heavy atom. The maximum absolute atomic E-state index is 12.0. The normalized spacial score (nSPS) is 25.3. The fourth-order valence-electron chi connectivity index (χ4n) is 5.14. The van der Waals surface area contributed by atoms with Crippen LogP contribution in [-0.4, -0.2) is 86.2 Å². The van der Waals surface area contributed by atoms with Gasteiger partial charge in [0.05, 0.1) is 41.1 Å². The third-order valence-corrected chi connectivity index (χ3v) is 7.47. The summed E-state index contributed by atoms with van der Waals surface area (Å²) in [6, 6.07) is 0. The van der Waals surface area contributed by atoms with Crippen molar-refractivity contribution in [1.82, 2.24) is 19.9 Å². The molecule has 1 saturated heterocycles. The summed E-state index contributed by atoms with van der Waals surface area (Å²) in [4.78, 5) is 36.7. The number of hydrogen-bond acceptors (Lipinski definition) is 13. The average molecular weight is 609 g/mol. The van der Waals surface area contributed by atoms with Crippen LogP contribution in [0.5, 0.6) is 0 Å². The monoisotopic (exact) mass is 608 g/mol. The maximum atomic E-state index is 12.0. The highest BCUT2D eigenvalue weighted by atomic mass is 16.7. The van der Waals surface area contributed by atoms with E-state index in [0.717, 1.165) is 0 Å². The Balaban J connectivity index is 0.000000201. The van der Waals surface area contributed by atoms with Crippen molar-refractivity contribution in [3.8, 4) is 0 Å². The van der Waals surface area contributed by atoms with Gasteiger partial charge in [0.1, 0.15) is 11.6 Å². The van der Waals surface area contributed by atoms with Crippen molar-refractivity contribution in [2.75, 3.05) is 42.3 Å². The van der Waals surface area contributed by atoms with E-state index in [-0.39, 0.29) is 52.7 Å². The van der Waals surface area contributed by atoms with Gasteiger partial charge >= 0.3 is 0 Å². The number of aliphatic hydroxyl groups excluding tert-OH is 2. The Labute approximate surface area is 251 Å². The topological polar surface area (TPSA) is 236 Å². The lowest BCUT2D eigenvalue weighted by Gasteiger charge is -2.30. The number of nitrogens with two attached hydrogens (primary N) is 2. The molecule has 2 aromatic heterocycles. The van der Waals surface area contributed by atoms with Crippen LogP contribution in [0.1, 0.15) is 59.6 Å². The lowest BCUT2D eigenvalue weighted by molar-refractivity contribution is -0.149. The first-order valence-electron chi connectivity index (χ1n) is 14.4. The number of ether oxygens (including phenoxy) is 3. The average Bonchev–Trinajstić information content (AvgIpc) is 3.19. The first-order chi connectivity index (χ1) is 19.9. The minimum Gasteiger partial charge on any atom is -0.391 e. The summed E-state index contributed by atoms with van der Waals surface area (Å²) in [6.07, 6.45) is -0.755. The summed E-state index contributed by atoms with van der Waals surface area (Å²) in [5.41, 5.74) is 11.6. The lowest BCUT2D eigenvalue weighted by atomic mass is 9.89. The number of hydrogen-bond donors (Lipinski definition) is 8. The van der Waals surface area contributed by atoms with Gasteiger partial charge in [0, 0.05) is 32.0 Å². The predicted octanol–water partition coefficient (Wildman–Crippen LogP) is 0.586. The number of H-pyrrole nitrogens is 2. The second kappa shape index (κ2) is 13.6. The van der Waals surface area contributed by atoms with E-state index in [1.807, 2.05) is 41.5 Å². The molecule has 0 aliphatic carbocycles. The molecule has 15 nitrogen and oxygen atoms in total. The van der Waals surface area contributed by atoms with Crippen LogP contribution in [0, 0.1) is 11.8 Å². The molecular weight excluding hydrogens is 560 g/mol. The zero-order valence-electron chi connectivity index (χ0n) is 26.3. The molecule has 0 spiro atoms. The number of nitrogens with one attached hydrogen (secondary N) is 4. The number of methoxy groups -OCH3 is 1. The van der Waals surface area contributed by atoms with Crippen LogP contribution in [0.25, 0.3) is 0 Å². The van der Waals surface area contributed by atoms with Crippen molar-refractivity contribution in [1.29, 1.82) is 0 Å². The zero-order chi connectivity index (χ0) is 32.3. The number of nitrogen functional groups attached to an aromatic ring is 2. The van der Waals surface area contributed by atoms with Gasteiger partial charge in [0.25, 0.3) is 11.1 Å². The predicted molar refractivity (Wildman–Crippen MR) is 164 cm³/mol. The molecule has 2 aromatic rings. The molecule has 0 saturated carbocycles. The van der Waals surface area contributed by atoms with Crippen LogP contribution < -0.4 is 33.2 Å². The number of nitrogens with zero attached hydrogens (tertiary/aromatic N) is 2. The van der Waals surface area contributed by atoms with Crippen LogP contribution in [0.4, 0.5) is 23.5 Å². The summed E-state index contributed by atoms with van der Waals surface area (Å²) >= 11 is 0. The first-order valence-corrected chi connectivity index (χ1v) is 14.4. The highest BCUT2D eigenvalue weighted by Crippen LogP contribution is 2.35. The second-order valence-electron chi connectivity index (χ2n) is 12.6. The number of anilines is 4. The molecule has 0 radical (unpaired) electrons. The Bertz CT molecular complexity index is 1350. The Morgan fingerprint density at radius 3 is 1.88 bits per heavy atom. The van der Waals surface area contributed by atoms with Gasteiger partial charge in [-0.05, 0) is 61.3 Å². The van der Waals surface area contributed by atoms with Gasteiger partial charge in [-0.15, -0.1) is 0 Å². The number of rotatable bonds is 3. The summed E-state index contributed by atoms with van der Waals surface area (Å²) < 4.78 is 16.7. The highest BCUT2D eigenvalue weighted by molar-refractivity contribution is 5.49. The first kappa shape index (κ1) is 34.3. The van der Waals surface area contributed by atoms with Crippen molar-refractivity contribution in [2.45, 2.75) is 97.1 Å². The van der Waals surface area contributed by atoms with Crippen molar-refractivity contribution in [3.63, 3.8) is 0 Å². The molecule has 1 fully saturated rings. The van der Waals surface area contributed by atoms with E-state index >= 15 is 0 Å². The maximum Gasteiger partial charge on any atom is 0.257 e. The van der Waals surface area contributed by atoms with Crippen LogP contribution in [0.2, 0.25) is 0 Å². The van der Waals surface area contributed by atoms with Crippen LogP contribution in [0.15, 0.2) is 9.59 Å². The molecular formula is C28H48N8O7. The smallest absolute Gasteiger partial charge is 0.257 e. The molecule has 0 aromatic carbocycles. The molecule has 5 rings (SSSR count). The quantitative estimate of drug-likeness (QED) is 0.238. The van der Waals surface area contributed by atoms with E-state index in [2.05, 4.69) is 30.6 Å². The standard InChI is InChI=1S/C13H20N4O3.C10H16N4O3.C5H12O/c1-6-9(20-13(2,3)19-6)7-4-8-10(15-5-7)16-12(14)17-11(8)18;1-4(15)7(16)5-2-6-8(12-3-5)13-10(11)14-9(6)17;1-5(2,3)6-4/h6-7,9H,4-5H2,1-3H3,(H4,14,15,16,17,18);4-5,7,15-16H,2-3H2,1H3,(H4,11,12,13,14,17);1-4H3/t6-,7-,9+;4-,5+,7-;/m10./s1. The third kappa shape index (κ3) is 9.13. The molecule has 242 valence electrons. The summed E-state index contributed by atoms with van der Waals surface area (Å²) in [6.45, 7) is 14.5. The van der Waals surface area contributed by atoms with E-state index in [1.54, 1.807) is 7.11 Å². The molecule has 0 bridgehead atoms. The molecule has 3 aliphatic rings. The van der Waals surface area contributed by atoms with Gasteiger partial charge < -0.3 is 46.5 Å². The number of aromatic nitrogens is 4. The van der Waals surface area contributed by atoms with Crippen LogP contribution in [-0.2, 0) is 27.1 Å². The number of aromatic amines is 2. The van der Waals surface area contributed by atoms with Gasteiger partial charge in [-0.25, -0.2) is 0 Å². The molecule has 0 amide bonds. The number of fused-ring (bicyclic) bond motifs is 2. The van der Waals surface area contributed by atoms with Gasteiger partial charge in [-0.2, -0.15) is 9.97 Å². The molecule has 10 N–H and O–H groups in total. The zero-order valence-corrected chi connectivity index (χ0v) is 26.3. The minimum absolute atomic E-state index is 0.000766. The van der Waals surface area contributed by atoms with Gasteiger partial charge in [0.15, 0.2) is 5.79 Å². The van der Waals surface area contributed by atoms with Gasteiger partial charge in [-0.1, -0.05) is 0 Å². The van der Waals surface area contributed by atoms with E-state index in [1.165, 1.54) is 6.92 Å². The fraction of sp³-hybridized carbons (Fsp3) is 0.714. The Morgan fingerprint density at radius 2 is 1.44 bits per heavy atom. The van der Waals surface area contributed by atoms with Crippen molar-refractivity contribution in [2.24, 2.45) is 11.8 Å². The van der Waals surface area contributed by atoms with E-state index in [4.69, 9.17) is 25.7 Å². The molecule has 15 heteroatoms. The summed E-state index contributed by atoms with van der Waals surface area (Å²) in [7, 11) is 1.71. The van der Waals surface area contributed by atoms with Crippen molar-refractivity contribution >= 4 is 23.5 Å². The third-order valence-electron chi connectivity index (χ3n) is 7.47. The summed E-state index contributed by atoms with van der Waals surface area (Å²) in [5, 5.41) is 25.2. The minimum atomic E-state index is -0.868. The molecule has 5 heterocycles. The molecule has 43 heavy (non-hydrogen) atoms. The lowest BCUT2D eigenvalue weighted by Crippen LogP contribution is -2.41. The van der Waals surface area contributed by atoms with E-state index < -0.39 is 18.0 Å². The second-order valence-corrected chi connectivity index (χ2v) is 12.6. The highest BCUT2D eigenvalue weighted by Gasteiger charge is 2.44.